The summed E-state index contributed by atoms with van der Waals surface area (Å²) in [7, 11) is 0. The van der Waals surface area contributed by atoms with Gasteiger partial charge >= 0.3 is 18.1 Å². The van der Waals surface area contributed by atoms with Gasteiger partial charge in [0.25, 0.3) is 0 Å². The van der Waals surface area contributed by atoms with E-state index in [1.807, 2.05) is 5.43 Å². The smallest absolute Gasteiger partial charge is 0.418 e. The minimum atomic E-state index is -4.62. The summed E-state index contributed by atoms with van der Waals surface area (Å²) in [6.07, 6.45) is -5.52. The summed E-state index contributed by atoms with van der Waals surface area (Å²) in [5.41, 5.74) is 0.0240. The van der Waals surface area contributed by atoms with Gasteiger partial charge in [0.2, 0.25) is 0 Å². The SMILES string of the molecule is O=C(O)CC/C(=N/Nc1ccccc1C(F)(F)F)C(=O)O. The van der Waals surface area contributed by atoms with Gasteiger partial charge in [-0.15, -0.1) is 0 Å². The van der Waals surface area contributed by atoms with Crippen molar-refractivity contribution in [3.05, 3.63) is 29.8 Å². The predicted octanol–water partition coefficient (Wildman–Crippen LogP) is 2.42. The van der Waals surface area contributed by atoms with Crippen LogP contribution >= 0.6 is 0 Å². The lowest BCUT2D eigenvalue weighted by atomic mass is 10.2. The second-order valence-corrected chi connectivity index (χ2v) is 3.91. The molecule has 0 fully saturated rings. The highest BCUT2D eigenvalue weighted by Crippen LogP contribution is 2.34. The van der Waals surface area contributed by atoms with Crippen molar-refractivity contribution in [2.24, 2.45) is 5.10 Å². The Kier molecular flexibility index (Phi) is 5.28. The van der Waals surface area contributed by atoms with E-state index in [2.05, 4.69) is 5.10 Å². The Bertz CT molecular complexity index is 570. The van der Waals surface area contributed by atoms with Crippen molar-refractivity contribution in [1.82, 2.24) is 0 Å². The number of nitrogens with zero attached hydrogens (tertiary/aromatic N) is 1. The first-order valence-electron chi connectivity index (χ1n) is 5.65. The Labute approximate surface area is 116 Å². The van der Waals surface area contributed by atoms with Crippen molar-refractivity contribution in [2.75, 3.05) is 5.43 Å². The van der Waals surface area contributed by atoms with Crippen LogP contribution in [0, 0.1) is 0 Å². The lowest BCUT2D eigenvalue weighted by Gasteiger charge is -2.12. The number of para-hydroxylation sites is 1. The third-order valence-corrected chi connectivity index (χ3v) is 2.37. The molecule has 1 aromatic carbocycles. The first-order valence-corrected chi connectivity index (χ1v) is 5.65. The number of hydrazone groups is 1. The molecule has 114 valence electrons. The predicted molar refractivity (Wildman–Crippen MR) is 67.0 cm³/mol. The number of hydrogen-bond acceptors (Lipinski definition) is 4. The Morgan fingerprint density at radius 1 is 1.14 bits per heavy atom. The number of nitrogens with one attached hydrogen (secondary N) is 1. The van der Waals surface area contributed by atoms with E-state index in [1.54, 1.807) is 0 Å². The third kappa shape index (κ3) is 5.13. The first-order chi connectivity index (χ1) is 9.71. The van der Waals surface area contributed by atoms with E-state index in [-0.39, 0.29) is 0 Å². The molecule has 0 radical (unpaired) electrons. The average molecular weight is 304 g/mol. The number of alkyl halides is 3. The quantitative estimate of drug-likeness (QED) is 0.553. The fraction of sp³-hybridized carbons (Fsp3) is 0.250. The number of carboxylic acids is 2. The molecule has 1 rings (SSSR count). The number of halogens is 3. The largest absolute Gasteiger partial charge is 0.481 e. The van der Waals surface area contributed by atoms with Gasteiger partial charge in [-0.1, -0.05) is 12.1 Å². The van der Waals surface area contributed by atoms with Gasteiger partial charge in [0.15, 0.2) is 0 Å². The molecule has 6 nitrogen and oxygen atoms in total. The molecule has 9 heteroatoms. The Balaban J connectivity index is 2.96. The number of anilines is 1. The molecule has 3 N–H and O–H groups in total. The lowest BCUT2D eigenvalue weighted by Crippen LogP contribution is -2.17. The van der Waals surface area contributed by atoms with Crippen LogP contribution in [0.5, 0.6) is 0 Å². The third-order valence-electron chi connectivity index (χ3n) is 2.37. The molecule has 0 saturated carbocycles. The number of benzene rings is 1. The van der Waals surface area contributed by atoms with Crippen LogP contribution in [0.3, 0.4) is 0 Å². The van der Waals surface area contributed by atoms with Crippen molar-refractivity contribution < 1.29 is 33.0 Å². The van der Waals surface area contributed by atoms with Gasteiger partial charge in [-0.05, 0) is 12.1 Å². The number of hydrogen-bond donors (Lipinski definition) is 3. The summed E-state index contributed by atoms with van der Waals surface area (Å²) < 4.78 is 38.1. The summed E-state index contributed by atoms with van der Waals surface area (Å²) in [5.74, 6) is -2.74. The zero-order valence-electron chi connectivity index (χ0n) is 10.5. The summed E-state index contributed by atoms with van der Waals surface area (Å²) in [5, 5.41) is 20.6. The monoisotopic (exact) mass is 304 g/mol. The molecule has 0 aliphatic heterocycles. The van der Waals surface area contributed by atoms with Crippen LogP contribution in [-0.4, -0.2) is 27.9 Å². The highest BCUT2D eigenvalue weighted by molar-refractivity contribution is 6.35. The summed E-state index contributed by atoms with van der Waals surface area (Å²) >= 11 is 0. The van der Waals surface area contributed by atoms with Gasteiger partial charge in [0.1, 0.15) is 5.71 Å². The first kappa shape index (κ1) is 16.5. The average Bonchev–Trinajstić information content (AvgIpc) is 2.37. The Hall–Kier alpha value is -2.58. The fourth-order valence-electron chi connectivity index (χ4n) is 1.39. The van der Waals surface area contributed by atoms with Crippen molar-refractivity contribution in [3.63, 3.8) is 0 Å². The molecule has 0 aliphatic carbocycles. The van der Waals surface area contributed by atoms with Crippen LogP contribution in [0.4, 0.5) is 18.9 Å². The minimum Gasteiger partial charge on any atom is -0.481 e. The number of aliphatic carboxylic acids is 2. The van der Waals surface area contributed by atoms with Crippen LogP contribution in [0.15, 0.2) is 29.4 Å². The molecular formula is C12H11F3N2O4. The summed E-state index contributed by atoms with van der Waals surface area (Å²) in [4.78, 5) is 21.2. The van der Waals surface area contributed by atoms with E-state index in [1.165, 1.54) is 12.1 Å². The zero-order valence-corrected chi connectivity index (χ0v) is 10.5. The molecule has 0 unspecified atom stereocenters. The van der Waals surface area contributed by atoms with Crippen LogP contribution in [0.1, 0.15) is 18.4 Å². The second-order valence-electron chi connectivity index (χ2n) is 3.91. The van der Waals surface area contributed by atoms with Gasteiger partial charge in [0, 0.05) is 6.42 Å². The van der Waals surface area contributed by atoms with Crippen molar-refractivity contribution >= 4 is 23.3 Å². The van der Waals surface area contributed by atoms with Crippen LogP contribution in [0.25, 0.3) is 0 Å². The molecule has 0 saturated heterocycles. The molecule has 0 heterocycles. The minimum absolute atomic E-state index is 0.411. The van der Waals surface area contributed by atoms with Gasteiger partial charge in [-0.2, -0.15) is 18.3 Å². The number of rotatable bonds is 6. The second kappa shape index (κ2) is 6.73. The summed E-state index contributed by atoms with van der Waals surface area (Å²) in [6, 6.07) is 4.41. The standard InChI is InChI=1S/C12H11F3N2O4/c13-12(14,15)7-3-1-2-4-8(7)16-17-9(11(20)21)5-6-10(18)19/h1-4,16H,5-6H2,(H,18,19)(H,20,21)/b17-9-. The number of carbonyl (C=O) groups is 2. The van der Waals surface area contributed by atoms with E-state index in [4.69, 9.17) is 10.2 Å². The lowest BCUT2D eigenvalue weighted by molar-refractivity contribution is -0.137. The molecule has 0 bridgehead atoms. The van der Waals surface area contributed by atoms with Gasteiger partial charge < -0.3 is 10.2 Å². The van der Waals surface area contributed by atoms with E-state index in [9.17, 15) is 22.8 Å². The normalized spacial score (nSPS) is 12.0. The molecule has 21 heavy (non-hydrogen) atoms. The van der Waals surface area contributed by atoms with E-state index in [0.717, 1.165) is 12.1 Å². The number of carboxylic acid groups (broad SMARTS) is 2. The molecule has 0 spiro atoms. The highest BCUT2D eigenvalue weighted by atomic mass is 19.4. The maximum Gasteiger partial charge on any atom is 0.418 e. The Morgan fingerprint density at radius 2 is 1.76 bits per heavy atom. The van der Waals surface area contributed by atoms with Crippen molar-refractivity contribution in [2.45, 2.75) is 19.0 Å². The van der Waals surface area contributed by atoms with E-state index >= 15 is 0 Å². The molecule has 0 amide bonds. The van der Waals surface area contributed by atoms with Gasteiger partial charge in [-0.3, -0.25) is 10.2 Å². The molecule has 1 aromatic rings. The Morgan fingerprint density at radius 3 is 2.29 bits per heavy atom. The molecule has 0 aromatic heterocycles. The highest BCUT2D eigenvalue weighted by Gasteiger charge is 2.33. The zero-order chi connectivity index (χ0) is 16.0. The topological polar surface area (TPSA) is 99.0 Å². The van der Waals surface area contributed by atoms with Crippen molar-refractivity contribution in [1.29, 1.82) is 0 Å². The van der Waals surface area contributed by atoms with Crippen LogP contribution < -0.4 is 5.43 Å². The van der Waals surface area contributed by atoms with E-state index < -0.39 is 47.9 Å². The maximum atomic E-state index is 12.7. The summed E-state index contributed by atoms with van der Waals surface area (Å²) in [6.45, 7) is 0. The van der Waals surface area contributed by atoms with Crippen LogP contribution in [0.2, 0.25) is 0 Å². The molecule has 0 aliphatic rings. The maximum absolute atomic E-state index is 12.7. The molecular weight excluding hydrogens is 293 g/mol. The van der Waals surface area contributed by atoms with E-state index in [0.29, 0.717) is 0 Å². The fourth-order valence-corrected chi connectivity index (χ4v) is 1.39. The van der Waals surface area contributed by atoms with Gasteiger partial charge in [-0.25, -0.2) is 4.79 Å². The molecule has 0 atom stereocenters. The van der Waals surface area contributed by atoms with Gasteiger partial charge in [0.05, 0.1) is 17.7 Å². The van der Waals surface area contributed by atoms with Crippen molar-refractivity contribution in [3.8, 4) is 0 Å². The van der Waals surface area contributed by atoms with Crippen LogP contribution in [-0.2, 0) is 15.8 Å².